The number of nitrogens with one attached hydrogen (secondary N) is 1. The molecule has 1 amide bonds. The fourth-order valence-corrected chi connectivity index (χ4v) is 2.10. The number of hydrogen-bond acceptors (Lipinski definition) is 3. The summed E-state index contributed by atoms with van der Waals surface area (Å²) in [7, 11) is 0. The van der Waals surface area contributed by atoms with Gasteiger partial charge in [-0.1, -0.05) is 26.0 Å². The van der Waals surface area contributed by atoms with Crippen molar-refractivity contribution in [2.24, 2.45) is 11.1 Å². The van der Waals surface area contributed by atoms with Crippen molar-refractivity contribution in [3.05, 3.63) is 29.8 Å². The van der Waals surface area contributed by atoms with Crippen LogP contribution < -0.4 is 11.1 Å². The summed E-state index contributed by atoms with van der Waals surface area (Å²) in [6.07, 6.45) is 2.09. The number of rotatable bonds is 7. The van der Waals surface area contributed by atoms with Gasteiger partial charge in [-0.05, 0) is 37.0 Å². The van der Waals surface area contributed by atoms with E-state index in [1.54, 1.807) is 0 Å². The van der Waals surface area contributed by atoms with Gasteiger partial charge in [0.2, 0.25) is 5.91 Å². The predicted molar refractivity (Wildman–Crippen MR) is 85.2 cm³/mol. The summed E-state index contributed by atoms with van der Waals surface area (Å²) in [5, 5.41) is 11.8. The van der Waals surface area contributed by atoms with Crippen LogP contribution in [0.2, 0.25) is 0 Å². The first-order valence-corrected chi connectivity index (χ1v) is 6.83. The molecule has 0 aromatic heterocycles. The summed E-state index contributed by atoms with van der Waals surface area (Å²) in [6, 6.07) is 7.53. The lowest BCUT2D eigenvalue weighted by atomic mass is 9.81. The summed E-state index contributed by atoms with van der Waals surface area (Å²) in [6.45, 7) is 4.46. The van der Waals surface area contributed by atoms with Gasteiger partial charge in [0.15, 0.2) is 0 Å². The molecule has 4 N–H and O–H groups in total. The molecule has 0 spiro atoms. The van der Waals surface area contributed by atoms with Gasteiger partial charge in [0, 0.05) is 18.8 Å². The summed E-state index contributed by atoms with van der Waals surface area (Å²) < 4.78 is 0. The third kappa shape index (κ3) is 4.47. The summed E-state index contributed by atoms with van der Waals surface area (Å²) in [4.78, 5) is 12.3. The highest BCUT2D eigenvalue weighted by Crippen LogP contribution is 2.27. The maximum Gasteiger partial charge on any atom is 0.231 e. The average molecular weight is 301 g/mol. The molecule has 0 fully saturated rings. The Balaban J connectivity index is 0.00000361. The van der Waals surface area contributed by atoms with Crippen LogP contribution in [0.1, 0.15) is 32.3 Å². The molecule has 5 heteroatoms. The molecule has 1 rings (SSSR count). The topological polar surface area (TPSA) is 75.4 Å². The van der Waals surface area contributed by atoms with Crippen molar-refractivity contribution in [2.45, 2.75) is 33.1 Å². The predicted octanol–water partition coefficient (Wildman–Crippen LogP) is 2.35. The minimum absolute atomic E-state index is 0. The van der Waals surface area contributed by atoms with Crippen LogP contribution in [0.3, 0.4) is 0 Å². The third-order valence-electron chi connectivity index (χ3n) is 3.84. The quantitative estimate of drug-likeness (QED) is 0.723. The van der Waals surface area contributed by atoms with Crippen molar-refractivity contribution in [1.29, 1.82) is 0 Å². The van der Waals surface area contributed by atoms with Crippen molar-refractivity contribution >= 4 is 24.0 Å². The molecule has 0 radical (unpaired) electrons. The lowest BCUT2D eigenvalue weighted by Crippen LogP contribution is -2.41. The maximum atomic E-state index is 12.3. The zero-order valence-electron chi connectivity index (χ0n) is 12.2. The van der Waals surface area contributed by atoms with Crippen LogP contribution in [0.4, 0.5) is 5.69 Å². The normalized spacial score (nSPS) is 10.8. The van der Waals surface area contributed by atoms with Gasteiger partial charge >= 0.3 is 0 Å². The minimum atomic E-state index is -0.482. The zero-order chi connectivity index (χ0) is 14.3. The maximum absolute atomic E-state index is 12.3. The summed E-state index contributed by atoms with van der Waals surface area (Å²) in [5.74, 6) is -0.0186. The van der Waals surface area contributed by atoms with Gasteiger partial charge in [0.1, 0.15) is 0 Å². The molecular formula is C15H25ClN2O2. The number of hydrogen-bond donors (Lipinski definition) is 3. The van der Waals surface area contributed by atoms with E-state index in [0.29, 0.717) is 13.0 Å². The Morgan fingerprint density at radius 2 is 1.80 bits per heavy atom. The number of benzene rings is 1. The summed E-state index contributed by atoms with van der Waals surface area (Å²) in [5.41, 5.74) is 7.10. The number of aliphatic hydroxyl groups is 1. The molecule has 114 valence electrons. The molecule has 0 aliphatic heterocycles. The van der Waals surface area contributed by atoms with Gasteiger partial charge in [-0.2, -0.15) is 0 Å². The highest BCUT2D eigenvalue weighted by molar-refractivity contribution is 5.95. The van der Waals surface area contributed by atoms with Crippen molar-refractivity contribution in [3.8, 4) is 0 Å². The molecule has 0 aliphatic carbocycles. The summed E-state index contributed by atoms with van der Waals surface area (Å²) >= 11 is 0. The first-order chi connectivity index (χ1) is 9.11. The highest BCUT2D eigenvalue weighted by atomic mass is 35.5. The van der Waals surface area contributed by atoms with Gasteiger partial charge in [-0.15, -0.1) is 12.4 Å². The van der Waals surface area contributed by atoms with Crippen LogP contribution in [-0.4, -0.2) is 24.2 Å². The Morgan fingerprint density at radius 3 is 2.20 bits per heavy atom. The lowest BCUT2D eigenvalue weighted by Gasteiger charge is -2.28. The van der Waals surface area contributed by atoms with E-state index in [-0.39, 0.29) is 24.9 Å². The van der Waals surface area contributed by atoms with Crippen LogP contribution in [0.15, 0.2) is 24.3 Å². The zero-order valence-corrected chi connectivity index (χ0v) is 13.0. The Hall–Kier alpha value is -1.10. The first kappa shape index (κ1) is 18.9. The number of carbonyl (C=O) groups excluding carboxylic acids is 1. The van der Waals surface area contributed by atoms with Crippen LogP contribution in [0, 0.1) is 5.41 Å². The van der Waals surface area contributed by atoms with E-state index in [2.05, 4.69) is 5.32 Å². The molecule has 20 heavy (non-hydrogen) atoms. The lowest BCUT2D eigenvalue weighted by molar-refractivity contribution is -0.125. The average Bonchev–Trinajstić information content (AvgIpc) is 2.44. The van der Waals surface area contributed by atoms with Gasteiger partial charge in [0.05, 0.1) is 5.41 Å². The SMILES string of the molecule is CCC(CC)(CN)C(=O)Nc1ccc(CCO)cc1.Cl. The Bertz CT molecular complexity index is 395. The number of aliphatic hydroxyl groups excluding tert-OH is 1. The number of halogens is 1. The monoisotopic (exact) mass is 300 g/mol. The van der Waals surface area contributed by atoms with Gasteiger partial charge in [0.25, 0.3) is 0 Å². The molecule has 0 atom stereocenters. The Labute approximate surface area is 127 Å². The van der Waals surface area contributed by atoms with E-state index < -0.39 is 5.41 Å². The van der Waals surface area contributed by atoms with Gasteiger partial charge in [-0.25, -0.2) is 0 Å². The molecule has 1 aromatic rings. The molecular weight excluding hydrogens is 276 g/mol. The second-order valence-corrected chi connectivity index (χ2v) is 4.82. The second kappa shape index (κ2) is 8.95. The molecule has 0 saturated heterocycles. The largest absolute Gasteiger partial charge is 0.396 e. The minimum Gasteiger partial charge on any atom is -0.396 e. The van der Waals surface area contributed by atoms with Crippen LogP contribution in [-0.2, 0) is 11.2 Å². The van der Waals surface area contributed by atoms with Crippen LogP contribution >= 0.6 is 12.4 Å². The Morgan fingerprint density at radius 1 is 1.25 bits per heavy atom. The number of carbonyl (C=O) groups is 1. The standard InChI is InChI=1S/C15H24N2O2.ClH/c1-3-15(4-2,11-16)14(19)17-13-7-5-12(6-8-13)9-10-18;/h5-8,18H,3-4,9-11,16H2,1-2H3,(H,17,19);1H. The molecule has 0 saturated carbocycles. The first-order valence-electron chi connectivity index (χ1n) is 6.83. The van der Waals surface area contributed by atoms with E-state index >= 15 is 0 Å². The number of nitrogens with two attached hydrogens (primary N) is 1. The molecule has 0 unspecified atom stereocenters. The van der Waals surface area contributed by atoms with E-state index in [9.17, 15) is 4.79 Å². The van der Waals surface area contributed by atoms with Crippen molar-refractivity contribution < 1.29 is 9.90 Å². The second-order valence-electron chi connectivity index (χ2n) is 4.82. The fraction of sp³-hybridized carbons (Fsp3) is 0.533. The van der Waals surface area contributed by atoms with E-state index in [1.165, 1.54) is 0 Å². The molecule has 1 aromatic carbocycles. The van der Waals surface area contributed by atoms with Crippen LogP contribution in [0.25, 0.3) is 0 Å². The third-order valence-corrected chi connectivity index (χ3v) is 3.84. The molecule has 0 heterocycles. The van der Waals surface area contributed by atoms with Crippen LogP contribution in [0.5, 0.6) is 0 Å². The van der Waals surface area contributed by atoms with E-state index in [1.807, 2.05) is 38.1 Å². The Kier molecular flexibility index (Phi) is 8.46. The number of amides is 1. The highest BCUT2D eigenvalue weighted by Gasteiger charge is 2.33. The fourth-order valence-electron chi connectivity index (χ4n) is 2.10. The number of anilines is 1. The smallest absolute Gasteiger partial charge is 0.231 e. The van der Waals surface area contributed by atoms with E-state index in [0.717, 1.165) is 24.1 Å². The molecule has 0 bridgehead atoms. The molecule has 0 aliphatic rings. The van der Waals surface area contributed by atoms with E-state index in [4.69, 9.17) is 10.8 Å². The van der Waals surface area contributed by atoms with Gasteiger partial charge in [-0.3, -0.25) is 4.79 Å². The van der Waals surface area contributed by atoms with Crippen molar-refractivity contribution in [1.82, 2.24) is 0 Å². The van der Waals surface area contributed by atoms with Crippen molar-refractivity contribution in [3.63, 3.8) is 0 Å². The molecule has 4 nitrogen and oxygen atoms in total. The van der Waals surface area contributed by atoms with Crippen molar-refractivity contribution in [2.75, 3.05) is 18.5 Å². The van der Waals surface area contributed by atoms with Gasteiger partial charge < -0.3 is 16.2 Å².